The summed E-state index contributed by atoms with van der Waals surface area (Å²) in [5.74, 6) is -0.158. The Morgan fingerprint density at radius 2 is 1.91 bits per heavy atom. The second-order valence-electron chi connectivity index (χ2n) is 5.09. The summed E-state index contributed by atoms with van der Waals surface area (Å²) in [6.07, 6.45) is 1.10. The fourth-order valence-corrected chi connectivity index (χ4v) is 3.53. The molecule has 1 heterocycles. The molecule has 0 aliphatic rings. The number of benzene rings is 1. The first-order valence-corrected chi connectivity index (χ1v) is 9.46. The van der Waals surface area contributed by atoms with Gasteiger partial charge in [0.25, 0.3) is 5.91 Å². The van der Waals surface area contributed by atoms with Gasteiger partial charge in [0.15, 0.2) is 0 Å². The highest BCUT2D eigenvalue weighted by Gasteiger charge is 2.17. The fraction of sp³-hybridized carbons (Fsp3) is 0.267. The lowest BCUT2D eigenvalue weighted by Gasteiger charge is -2.18. The molecule has 1 atom stereocenters. The van der Waals surface area contributed by atoms with E-state index in [9.17, 15) is 13.2 Å². The largest absolute Gasteiger partial charge is 0.345 e. The zero-order valence-electron chi connectivity index (χ0n) is 12.6. The SMILES string of the molecule is Cc1ccsc1C(=O)NC(C)c1ccccc1NS(C)(=O)=O. The van der Waals surface area contributed by atoms with Crippen LogP contribution in [0.1, 0.15) is 33.8 Å². The van der Waals surface area contributed by atoms with Gasteiger partial charge in [-0.2, -0.15) is 0 Å². The van der Waals surface area contributed by atoms with Crippen molar-refractivity contribution in [2.24, 2.45) is 0 Å². The molecule has 1 unspecified atom stereocenters. The van der Waals surface area contributed by atoms with Crippen LogP contribution in [0.4, 0.5) is 5.69 Å². The van der Waals surface area contributed by atoms with Crippen molar-refractivity contribution in [1.29, 1.82) is 0 Å². The number of carbonyl (C=O) groups is 1. The molecule has 0 aliphatic carbocycles. The van der Waals surface area contributed by atoms with Crippen molar-refractivity contribution in [1.82, 2.24) is 5.32 Å². The van der Waals surface area contributed by atoms with E-state index in [1.54, 1.807) is 18.2 Å². The Balaban J connectivity index is 2.21. The molecule has 0 radical (unpaired) electrons. The second-order valence-corrected chi connectivity index (χ2v) is 7.75. The molecule has 118 valence electrons. The molecular formula is C15H18N2O3S2. The predicted octanol–water partition coefficient (Wildman–Crippen LogP) is 2.92. The van der Waals surface area contributed by atoms with Crippen LogP contribution in [0.3, 0.4) is 0 Å². The zero-order valence-corrected chi connectivity index (χ0v) is 14.2. The van der Waals surface area contributed by atoms with Gasteiger partial charge in [-0.3, -0.25) is 9.52 Å². The summed E-state index contributed by atoms with van der Waals surface area (Å²) < 4.78 is 25.3. The average Bonchev–Trinajstić information content (AvgIpc) is 2.83. The minimum Gasteiger partial charge on any atom is -0.345 e. The third kappa shape index (κ3) is 4.08. The third-order valence-electron chi connectivity index (χ3n) is 3.14. The van der Waals surface area contributed by atoms with Gasteiger partial charge in [-0.25, -0.2) is 8.42 Å². The first kappa shape index (κ1) is 16.5. The molecule has 0 aliphatic heterocycles. The summed E-state index contributed by atoms with van der Waals surface area (Å²) in [4.78, 5) is 12.9. The van der Waals surface area contributed by atoms with Crippen LogP contribution in [-0.4, -0.2) is 20.6 Å². The maximum atomic E-state index is 12.3. The van der Waals surface area contributed by atoms with Crippen LogP contribution in [0.5, 0.6) is 0 Å². The first-order chi connectivity index (χ1) is 10.3. The number of thiophene rings is 1. The number of amides is 1. The van der Waals surface area contributed by atoms with Crippen molar-refractivity contribution in [3.8, 4) is 0 Å². The van der Waals surface area contributed by atoms with Gasteiger partial charge >= 0.3 is 0 Å². The molecule has 0 fully saturated rings. The molecule has 5 nitrogen and oxygen atoms in total. The van der Waals surface area contributed by atoms with E-state index in [1.165, 1.54) is 11.3 Å². The lowest BCUT2D eigenvalue weighted by Crippen LogP contribution is -2.27. The summed E-state index contributed by atoms with van der Waals surface area (Å²) in [6, 6.07) is 8.59. The van der Waals surface area contributed by atoms with Crippen molar-refractivity contribution in [2.45, 2.75) is 19.9 Å². The Kier molecular flexibility index (Phi) is 4.87. The molecule has 22 heavy (non-hydrogen) atoms. The first-order valence-electron chi connectivity index (χ1n) is 6.69. The molecule has 1 amide bonds. The van der Waals surface area contributed by atoms with Gasteiger partial charge in [-0.15, -0.1) is 11.3 Å². The fourth-order valence-electron chi connectivity index (χ4n) is 2.11. The smallest absolute Gasteiger partial charge is 0.262 e. The van der Waals surface area contributed by atoms with Crippen LogP contribution in [0.25, 0.3) is 0 Å². The van der Waals surface area contributed by atoms with Crippen molar-refractivity contribution in [3.63, 3.8) is 0 Å². The highest BCUT2D eigenvalue weighted by Crippen LogP contribution is 2.24. The molecule has 0 spiro atoms. The maximum Gasteiger partial charge on any atom is 0.262 e. The Morgan fingerprint density at radius 1 is 1.23 bits per heavy atom. The molecule has 7 heteroatoms. The second kappa shape index (κ2) is 6.50. The number of hydrogen-bond acceptors (Lipinski definition) is 4. The number of nitrogens with one attached hydrogen (secondary N) is 2. The monoisotopic (exact) mass is 338 g/mol. The van der Waals surface area contributed by atoms with Crippen LogP contribution in [0, 0.1) is 6.92 Å². The third-order valence-corrected chi connectivity index (χ3v) is 4.74. The normalized spacial score (nSPS) is 12.7. The number of para-hydroxylation sites is 1. The van der Waals surface area contributed by atoms with Crippen molar-refractivity contribution >= 4 is 33.0 Å². The lowest BCUT2D eigenvalue weighted by atomic mass is 10.1. The molecule has 1 aromatic heterocycles. The Hall–Kier alpha value is -1.86. The predicted molar refractivity (Wildman–Crippen MR) is 89.8 cm³/mol. The van der Waals surface area contributed by atoms with Gasteiger partial charge in [-0.05, 0) is 42.5 Å². The van der Waals surface area contributed by atoms with Crippen LogP contribution in [0.2, 0.25) is 0 Å². The molecule has 2 N–H and O–H groups in total. The van der Waals surface area contributed by atoms with E-state index in [-0.39, 0.29) is 11.9 Å². The summed E-state index contributed by atoms with van der Waals surface area (Å²) in [5, 5.41) is 4.77. The molecule has 0 saturated heterocycles. The summed E-state index contributed by atoms with van der Waals surface area (Å²) in [6.45, 7) is 3.71. The number of sulfonamides is 1. The lowest BCUT2D eigenvalue weighted by molar-refractivity contribution is 0.0943. The van der Waals surface area contributed by atoms with Gasteiger partial charge in [0.2, 0.25) is 10.0 Å². The quantitative estimate of drug-likeness (QED) is 0.880. The molecular weight excluding hydrogens is 320 g/mol. The summed E-state index contributed by atoms with van der Waals surface area (Å²) in [5.41, 5.74) is 2.12. The number of aryl methyl sites for hydroxylation is 1. The average molecular weight is 338 g/mol. The number of anilines is 1. The molecule has 1 aromatic carbocycles. The minimum atomic E-state index is -3.37. The van der Waals surface area contributed by atoms with E-state index in [0.717, 1.165) is 17.4 Å². The van der Waals surface area contributed by atoms with Crippen LogP contribution in [-0.2, 0) is 10.0 Å². The van der Waals surface area contributed by atoms with E-state index in [4.69, 9.17) is 0 Å². The van der Waals surface area contributed by atoms with E-state index in [2.05, 4.69) is 10.0 Å². The van der Waals surface area contributed by atoms with E-state index < -0.39 is 10.0 Å². The van der Waals surface area contributed by atoms with Crippen LogP contribution in [0.15, 0.2) is 35.7 Å². The standard InChI is InChI=1S/C15H18N2O3S2/c1-10-8-9-21-14(10)15(18)16-11(2)12-6-4-5-7-13(12)17-22(3,19)20/h4-9,11,17H,1-3H3,(H,16,18). The summed E-state index contributed by atoms with van der Waals surface area (Å²) in [7, 11) is -3.37. The minimum absolute atomic E-state index is 0.158. The topological polar surface area (TPSA) is 75.3 Å². The highest BCUT2D eigenvalue weighted by atomic mass is 32.2. The van der Waals surface area contributed by atoms with Gasteiger partial charge < -0.3 is 5.32 Å². The van der Waals surface area contributed by atoms with Crippen molar-refractivity contribution in [2.75, 3.05) is 11.0 Å². The van der Waals surface area contributed by atoms with Gasteiger partial charge in [-0.1, -0.05) is 18.2 Å². The molecule has 0 saturated carbocycles. The van der Waals surface area contributed by atoms with Crippen molar-refractivity contribution in [3.05, 3.63) is 51.7 Å². The Bertz CT molecular complexity index is 782. The van der Waals surface area contributed by atoms with E-state index in [0.29, 0.717) is 10.6 Å². The molecule has 0 bridgehead atoms. The molecule has 2 rings (SSSR count). The van der Waals surface area contributed by atoms with E-state index >= 15 is 0 Å². The van der Waals surface area contributed by atoms with Crippen molar-refractivity contribution < 1.29 is 13.2 Å². The van der Waals surface area contributed by atoms with Gasteiger partial charge in [0.1, 0.15) is 0 Å². The summed E-state index contributed by atoms with van der Waals surface area (Å²) >= 11 is 1.39. The number of carbonyl (C=O) groups excluding carboxylic acids is 1. The molecule has 2 aromatic rings. The van der Waals surface area contributed by atoms with Crippen LogP contribution < -0.4 is 10.0 Å². The van der Waals surface area contributed by atoms with Gasteiger partial charge in [0.05, 0.1) is 22.9 Å². The van der Waals surface area contributed by atoms with Crippen LogP contribution >= 0.6 is 11.3 Å². The number of rotatable bonds is 5. The number of hydrogen-bond donors (Lipinski definition) is 2. The maximum absolute atomic E-state index is 12.3. The Morgan fingerprint density at radius 3 is 2.50 bits per heavy atom. The van der Waals surface area contributed by atoms with E-state index in [1.807, 2.05) is 31.4 Å². The Labute approximate surface area is 134 Å². The van der Waals surface area contributed by atoms with Gasteiger partial charge in [0, 0.05) is 0 Å². The highest BCUT2D eigenvalue weighted by molar-refractivity contribution is 7.92. The zero-order chi connectivity index (χ0) is 16.3.